The third-order valence-electron chi connectivity index (χ3n) is 2.21. The molecule has 0 aliphatic carbocycles. The largest absolute Gasteiger partial charge is 0.463 e. The van der Waals surface area contributed by atoms with Crippen molar-refractivity contribution in [3.8, 4) is 5.75 Å². The van der Waals surface area contributed by atoms with E-state index in [0.717, 1.165) is 23.4 Å². The molecule has 14 heavy (non-hydrogen) atoms. The van der Waals surface area contributed by atoms with E-state index in [1.54, 1.807) is 13.3 Å². The molecular formula is C10H17NO3. The first kappa shape index (κ1) is 11.1. The van der Waals surface area contributed by atoms with Gasteiger partial charge in [0.1, 0.15) is 5.75 Å². The highest BCUT2D eigenvalue weighted by Gasteiger charge is 2.11. The summed E-state index contributed by atoms with van der Waals surface area (Å²) in [5, 5.41) is 8.96. The van der Waals surface area contributed by atoms with Gasteiger partial charge in [0.25, 0.3) is 0 Å². The molecule has 4 nitrogen and oxygen atoms in total. The highest BCUT2D eigenvalue weighted by atomic mass is 16.7. The van der Waals surface area contributed by atoms with Gasteiger partial charge in [0.05, 0.1) is 6.61 Å². The molecule has 1 unspecified atom stereocenters. The Kier molecular flexibility index (Phi) is 3.98. The Labute approximate surface area is 83.9 Å². The molecule has 0 aliphatic heterocycles. The first-order chi connectivity index (χ1) is 6.72. The minimum Gasteiger partial charge on any atom is -0.463 e. The molecule has 1 atom stereocenters. The lowest BCUT2D eigenvalue weighted by atomic mass is 10.2. The molecule has 1 aromatic heterocycles. The lowest BCUT2D eigenvalue weighted by Gasteiger charge is -2.15. The molecule has 0 aliphatic rings. The Morgan fingerprint density at radius 3 is 2.71 bits per heavy atom. The van der Waals surface area contributed by atoms with Crippen LogP contribution in [0.3, 0.4) is 0 Å². The van der Waals surface area contributed by atoms with Crippen LogP contribution in [0.5, 0.6) is 5.75 Å². The van der Waals surface area contributed by atoms with Crippen molar-refractivity contribution in [3.05, 3.63) is 17.5 Å². The molecule has 0 bridgehead atoms. The van der Waals surface area contributed by atoms with Gasteiger partial charge in [-0.2, -0.15) is 0 Å². The maximum Gasteiger partial charge on any atom is 0.199 e. The van der Waals surface area contributed by atoms with Crippen LogP contribution in [-0.4, -0.2) is 23.5 Å². The van der Waals surface area contributed by atoms with E-state index < -0.39 is 0 Å². The van der Waals surface area contributed by atoms with Crippen molar-refractivity contribution in [1.82, 2.24) is 4.98 Å². The zero-order valence-electron chi connectivity index (χ0n) is 8.83. The van der Waals surface area contributed by atoms with Crippen molar-refractivity contribution in [3.63, 3.8) is 0 Å². The fourth-order valence-electron chi connectivity index (χ4n) is 1.24. The smallest absolute Gasteiger partial charge is 0.199 e. The van der Waals surface area contributed by atoms with E-state index in [-0.39, 0.29) is 12.9 Å². The van der Waals surface area contributed by atoms with Gasteiger partial charge in [-0.3, -0.25) is 0 Å². The topological polar surface area (TPSA) is 54.5 Å². The number of aromatic nitrogens is 1. The van der Waals surface area contributed by atoms with Crippen LogP contribution in [0, 0.1) is 6.92 Å². The fourth-order valence-corrected chi connectivity index (χ4v) is 1.24. The molecule has 4 heteroatoms. The van der Waals surface area contributed by atoms with Gasteiger partial charge in [-0.05, 0) is 6.92 Å². The SMILES string of the molecule is CCC(OC)Oc1c[nH]c(CO)c1C. The van der Waals surface area contributed by atoms with E-state index in [1.807, 2.05) is 13.8 Å². The van der Waals surface area contributed by atoms with Crippen molar-refractivity contribution < 1.29 is 14.6 Å². The number of hydrogen-bond donors (Lipinski definition) is 2. The van der Waals surface area contributed by atoms with Gasteiger partial charge in [0, 0.05) is 31.0 Å². The van der Waals surface area contributed by atoms with E-state index in [1.165, 1.54) is 0 Å². The maximum atomic E-state index is 8.96. The second-order valence-electron chi connectivity index (χ2n) is 3.11. The number of aliphatic hydroxyl groups excluding tert-OH is 1. The van der Waals surface area contributed by atoms with Gasteiger partial charge in [-0.1, -0.05) is 6.92 Å². The van der Waals surface area contributed by atoms with E-state index >= 15 is 0 Å². The Balaban J connectivity index is 2.71. The van der Waals surface area contributed by atoms with Crippen LogP contribution in [0.1, 0.15) is 24.6 Å². The Morgan fingerprint density at radius 1 is 1.57 bits per heavy atom. The zero-order valence-corrected chi connectivity index (χ0v) is 8.83. The minimum absolute atomic E-state index is 0.00102. The van der Waals surface area contributed by atoms with Gasteiger partial charge >= 0.3 is 0 Å². The average Bonchev–Trinajstić information content (AvgIpc) is 2.56. The van der Waals surface area contributed by atoms with Crippen LogP contribution in [0.25, 0.3) is 0 Å². The summed E-state index contributed by atoms with van der Waals surface area (Å²) in [5.74, 6) is 0.739. The first-order valence-corrected chi connectivity index (χ1v) is 4.70. The number of aromatic amines is 1. The molecule has 0 spiro atoms. The van der Waals surface area contributed by atoms with Gasteiger partial charge in [0.15, 0.2) is 6.29 Å². The van der Waals surface area contributed by atoms with E-state index in [4.69, 9.17) is 14.6 Å². The van der Waals surface area contributed by atoms with E-state index in [2.05, 4.69) is 4.98 Å². The predicted molar refractivity (Wildman–Crippen MR) is 53.2 cm³/mol. The minimum atomic E-state index is -0.226. The highest BCUT2D eigenvalue weighted by Crippen LogP contribution is 2.22. The molecule has 1 rings (SSSR count). The summed E-state index contributed by atoms with van der Waals surface area (Å²) < 4.78 is 10.7. The number of methoxy groups -OCH3 is 1. The van der Waals surface area contributed by atoms with E-state index in [0.29, 0.717) is 0 Å². The van der Waals surface area contributed by atoms with Crippen molar-refractivity contribution in [2.24, 2.45) is 0 Å². The van der Waals surface area contributed by atoms with Crippen molar-refractivity contribution in [2.75, 3.05) is 7.11 Å². The summed E-state index contributed by atoms with van der Waals surface area (Å²) in [6.07, 6.45) is 2.30. The molecule has 0 radical (unpaired) electrons. The second kappa shape index (κ2) is 5.02. The summed E-state index contributed by atoms with van der Waals surface area (Å²) in [7, 11) is 1.61. The number of aliphatic hydroxyl groups is 1. The monoisotopic (exact) mass is 199 g/mol. The highest BCUT2D eigenvalue weighted by molar-refractivity contribution is 5.35. The summed E-state index contributed by atoms with van der Waals surface area (Å²) in [6.45, 7) is 3.89. The number of ether oxygens (including phenoxy) is 2. The predicted octanol–water partition coefficient (Wildman–Crippen LogP) is 1.58. The van der Waals surface area contributed by atoms with Gasteiger partial charge in [-0.25, -0.2) is 0 Å². The molecule has 1 aromatic rings. The Morgan fingerprint density at radius 2 is 2.29 bits per heavy atom. The van der Waals surface area contributed by atoms with Crippen molar-refractivity contribution in [1.29, 1.82) is 0 Å². The standard InChI is InChI=1S/C10H17NO3/c1-4-10(13-3)14-9-5-11-8(6-12)7(9)2/h5,10-12H,4,6H2,1-3H3. The van der Waals surface area contributed by atoms with Crippen LogP contribution in [-0.2, 0) is 11.3 Å². The van der Waals surface area contributed by atoms with Crippen molar-refractivity contribution in [2.45, 2.75) is 33.2 Å². The summed E-state index contributed by atoms with van der Waals surface area (Å²) >= 11 is 0. The first-order valence-electron chi connectivity index (χ1n) is 4.70. The fraction of sp³-hybridized carbons (Fsp3) is 0.600. The van der Waals surface area contributed by atoms with Gasteiger partial charge in [0.2, 0.25) is 0 Å². The molecule has 80 valence electrons. The zero-order chi connectivity index (χ0) is 10.6. The molecule has 0 amide bonds. The number of hydrogen-bond acceptors (Lipinski definition) is 3. The maximum absolute atomic E-state index is 8.96. The molecule has 2 N–H and O–H groups in total. The lowest BCUT2D eigenvalue weighted by molar-refractivity contribution is -0.0551. The summed E-state index contributed by atoms with van der Waals surface area (Å²) in [6, 6.07) is 0. The molecular weight excluding hydrogens is 182 g/mol. The quantitative estimate of drug-likeness (QED) is 0.708. The molecule has 0 fully saturated rings. The van der Waals surface area contributed by atoms with Crippen LogP contribution < -0.4 is 4.74 Å². The number of nitrogens with one attached hydrogen (secondary N) is 1. The summed E-state index contributed by atoms with van der Waals surface area (Å²) in [5.41, 5.74) is 1.72. The van der Waals surface area contributed by atoms with Crippen molar-refractivity contribution >= 4 is 0 Å². The molecule has 0 aromatic carbocycles. The van der Waals surface area contributed by atoms with Gasteiger partial charge in [-0.15, -0.1) is 0 Å². The number of rotatable bonds is 5. The van der Waals surface area contributed by atoms with E-state index in [9.17, 15) is 0 Å². The van der Waals surface area contributed by atoms with Crippen LogP contribution in [0.2, 0.25) is 0 Å². The second-order valence-corrected chi connectivity index (χ2v) is 3.11. The Bertz CT molecular complexity index is 279. The molecule has 0 saturated heterocycles. The lowest BCUT2D eigenvalue weighted by Crippen LogP contribution is -2.17. The average molecular weight is 199 g/mol. The third-order valence-corrected chi connectivity index (χ3v) is 2.21. The van der Waals surface area contributed by atoms with Crippen LogP contribution in [0.4, 0.5) is 0 Å². The molecule has 1 heterocycles. The normalized spacial score (nSPS) is 12.9. The Hall–Kier alpha value is -1.00. The summed E-state index contributed by atoms with van der Waals surface area (Å²) in [4.78, 5) is 2.95. The van der Waals surface area contributed by atoms with Crippen LogP contribution >= 0.6 is 0 Å². The van der Waals surface area contributed by atoms with Gasteiger partial charge < -0.3 is 19.6 Å². The molecule has 0 saturated carbocycles. The third kappa shape index (κ3) is 2.27. The number of H-pyrrole nitrogens is 1. The van der Waals surface area contributed by atoms with Crippen LogP contribution in [0.15, 0.2) is 6.20 Å².